The maximum Gasteiger partial charge on any atom is 0.338 e. The normalized spacial score (nSPS) is 15.7. The van der Waals surface area contributed by atoms with Crippen molar-refractivity contribution < 1.29 is 14.3 Å². The van der Waals surface area contributed by atoms with Crippen molar-refractivity contribution in [3.63, 3.8) is 0 Å². The summed E-state index contributed by atoms with van der Waals surface area (Å²) >= 11 is 0. The van der Waals surface area contributed by atoms with Gasteiger partial charge in [0.25, 0.3) is 0 Å². The van der Waals surface area contributed by atoms with Crippen LogP contribution >= 0.6 is 0 Å². The molecule has 1 aliphatic carbocycles. The molecule has 3 rings (SSSR count). The summed E-state index contributed by atoms with van der Waals surface area (Å²) in [5, 5.41) is 2.89. The van der Waals surface area contributed by atoms with E-state index in [-0.39, 0.29) is 24.0 Å². The first-order valence-electron chi connectivity index (χ1n) is 9.33. The summed E-state index contributed by atoms with van der Waals surface area (Å²) in [6, 6.07) is 15.5. The van der Waals surface area contributed by atoms with Crippen molar-refractivity contribution in [2.45, 2.75) is 38.8 Å². The molecular formula is C22H26N2O3. The van der Waals surface area contributed by atoms with E-state index >= 15 is 0 Å². The Morgan fingerprint density at radius 1 is 1.15 bits per heavy atom. The topological polar surface area (TPSA) is 58.6 Å². The average Bonchev–Trinajstić information content (AvgIpc) is 3.06. The number of hydrogen-bond acceptors (Lipinski definition) is 4. The second-order valence-corrected chi connectivity index (χ2v) is 7.25. The standard InChI is InChI=1S/C22H26N2O3/c1-15(2)27-22(26)17-8-11-18(12-9-17)23-21(25)14-24(3)20-13-10-16-6-4-5-7-19(16)20/h4-9,11-12,15,20H,10,13-14H2,1-3H3,(H,23,25). The molecule has 27 heavy (non-hydrogen) atoms. The van der Waals surface area contributed by atoms with E-state index in [0.717, 1.165) is 12.8 Å². The number of nitrogens with one attached hydrogen (secondary N) is 1. The monoisotopic (exact) mass is 366 g/mol. The number of esters is 1. The first kappa shape index (κ1) is 19.1. The number of carbonyl (C=O) groups is 2. The van der Waals surface area contributed by atoms with Crippen LogP contribution in [0.4, 0.5) is 5.69 Å². The maximum atomic E-state index is 12.4. The van der Waals surface area contributed by atoms with E-state index in [1.807, 2.05) is 20.9 Å². The minimum atomic E-state index is -0.359. The van der Waals surface area contributed by atoms with Gasteiger partial charge in [0.1, 0.15) is 0 Å². The molecule has 142 valence electrons. The average molecular weight is 366 g/mol. The Hall–Kier alpha value is -2.66. The third kappa shape index (κ3) is 4.74. The highest BCUT2D eigenvalue weighted by molar-refractivity contribution is 5.94. The summed E-state index contributed by atoms with van der Waals surface area (Å²) in [5.74, 6) is -0.429. The van der Waals surface area contributed by atoms with E-state index in [1.54, 1.807) is 24.3 Å². The number of anilines is 1. The Balaban J connectivity index is 1.56. The number of benzene rings is 2. The van der Waals surface area contributed by atoms with Crippen molar-refractivity contribution in [2.75, 3.05) is 18.9 Å². The Kier molecular flexibility index (Phi) is 5.91. The van der Waals surface area contributed by atoms with Gasteiger partial charge in [-0.05, 0) is 69.1 Å². The van der Waals surface area contributed by atoms with E-state index in [2.05, 4.69) is 34.5 Å². The molecule has 0 aromatic heterocycles. The van der Waals surface area contributed by atoms with Crippen LogP contribution in [0.1, 0.15) is 47.8 Å². The lowest BCUT2D eigenvalue weighted by Crippen LogP contribution is -2.32. The van der Waals surface area contributed by atoms with Gasteiger partial charge in [-0.3, -0.25) is 9.69 Å². The van der Waals surface area contributed by atoms with Crippen molar-refractivity contribution in [3.05, 3.63) is 65.2 Å². The highest BCUT2D eigenvalue weighted by Crippen LogP contribution is 2.34. The molecule has 1 unspecified atom stereocenters. The zero-order valence-corrected chi connectivity index (χ0v) is 16.1. The Morgan fingerprint density at radius 3 is 2.56 bits per heavy atom. The largest absolute Gasteiger partial charge is 0.459 e. The van der Waals surface area contributed by atoms with Gasteiger partial charge in [0.15, 0.2) is 0 Å². The molecular weight excluding hydrogens is 340 g/mol. The summed E-state index contributed by atoms with van der Waals surface area (Å²) in [5.41, 5.74) is 3.84. The third-order valence-corrected chi connectivity index (χ3v) is 4.77. The van der Waals surface area contributed by atoms with Crippen molar-refractivity contribution in [1.29, 1.82) is 0 Å². The predicted octanol–water partition coefficient (Wildman–Crippen LogP) is 3.81. The number of carbonyl (C=O) groups excluding carboxylic acids is 2. The quantitative estimate of drug-likeness (QED) is 0.790. The molecule has 1 amide bonds. The molecule has 5 nitrogen and oxygen atoms in total. The van der Waals surface area contributed by atoms with Gasteiger partial charge in [-0.1, -0.05) is 24.3 Å². The molecule has 0 saturated carbocycles. The molecule has 0 bridgehead atoms. The molecule has 2 aromatic carbocycles. The van der Waals surface area contributed by atoms with Crippen LogP contribution in [0, 0.1) is 0 Å². The summed E-state index contributed by atoms with van der Waals surface area (Å²) in [6.07, 6.45) is 1.93. The Morgan fingerprint density at radius 2 is 1.85 bits per heavy atom. The van der Waals surface area contributed by atoms with Gasteiger partial charge in [-0.15, -0.1) is 0 Å². The van der Waals surface area contributed by atoms with Crippen LogP contribution in [-0.2, 0) is 16.0 Å². The van der Waals surface area contributed by atoms with E-state index in [1.165, 1.54) is 11.1 Å². The lowest BCUT2D eigenvalue weighted by Gasteiger charge is -2.24. The molecule has 1 N–H and O–H groups in total. The van der Waals surface area contributed by atoms with Crippen LogP contribution in [0.25, 0.3) is 0 Å². The molecule has 0 saturated heterocycles. The number of likely N-dealkylation sites (N-methyl/N-ethyl adjacent to an activating group) is 1. The van der Waals surface area contributed by atoms with E-state index in [4.69, 9.17) is 4.74 Å². The molecule has 0 heterocycles. The van der Waals surface area contributed by atoms with Gasteiger partial charge in [-0.2, -0.15) is 0 Å². The molecule has 1 atom stereocenters. The van der Waals surface area contributed by atoms with Crippen molar-refractivity contribution in [2.24, 2.45) is 0 Å². The molecule has 2 aromatic rings. The molecule has 1 aliphatic rings. The van der Waals surface area contributed by atoms with Crippen molar-refractivity contribution in [3.8, 4) is 0 Å². The first-order valence-corrected chi connectivity index (χ1v) is 9.33. The number of ether oxygens (including phenoxy) is 1. The number of hydrogen-bond donors (Lipinski definition) is 1. The van der Waals surface area contributed by atoms with Gasteiger partial charge in [0, 0.05) is 11.7 Å². The van der Waals surface area contributed by atoms with Gasteiger partial charge in [0.05, 0.1) is 18.2 Å². The predicted molar refractivity (Wildman–Crippen MR) is 106 cm³/mol. The van der Waals surface area contributed by atoms with Crippen LogP contribution in [0.2, 0.25) is 0 Å². The third-order valence-electron chi connectivity index (χ3n) is 4.77. The van der Waals surface area contributed by atoms with E-state index < -0.39 is 0 Å². The van der Waals surface area contributed by atoms with Crippen LogP contribution < -0.4 is 5.32 Å². The fourth-order valence-corrected chi connectivity index (χ4v) is 3.50. The number of amides is 1. The number of rotatable bonds is 6. The van der Waals surface area contributed by atoms with Crippen molar-refractivity contribution >= 4 is 17.6 Å². The maximum absolute atomic E-state index is 12.4. The fourth-order valence-electron chi connectivity index (χ4n) is 3.50. The minimum absolute atomic E-state index is 0.0700. The van der Waals surface area contributed by atoms with Crippen molar-refractivity contribution in [1.82, 2.24) is 4.90 Å². The Labute approximate surface area is 160 Å². The zero-order chi connectivity index (χ0) is 19.4. The van der Waals surface area contributed by atoms with Crippen LogP contribution in [0.5, 0.6) is 0 Å². The molecule has 0 fully saturated rings. The van der Waals surface area contributed by atoms with E-state index in [0.29, 0.717) is 17.8 Å². The highest BCUT2D eigenvalue weighted by atomic mass is 16.5. The fraction of sp³-hybridized carbons (Fsp3) is 0.364. The summed E-state index contributed by atoms with van der Waals surface area (Å²) in [6.45, 7) is 3.94. The van der Waals surface area contributed by atoms with Crippen LogP contribution in [0.3, 0.4) is 0 Å². The SMILES string of the molecule is CC(C)OC(=O)c1ccc(NC(=O)CN(C)C2CCc3ccccc32)cc1. The van der Waals surface area contributed by atoms with Crippen LogP contribution in [-0.4, -0.2) is 36.5 Å². The van der Waals surface area contributed by atoms with Gasteiger partial charge in [-0.25, -0.2) is 4.79 Å². The number of nitrogens with zero attached hydrogens (tertiary/aromatic N) is 1. The highest BCUT2D eigenvalue weighted by Gasteiger charge is 2.26. The summed E-state index contributed by atoms with van der Waals surface area (Å²) < 4.78 is 5.16. The number of aryl methyl sites for hydroxylation is 1. The molecule has 0 spiro atoms. The zero-order valence-electron chi connectivity index (χ0n) is 16.1. The minimum Gasteiger partial charge on any atom is -0.459 e. The lowest BCUT2D eigenvalue weighted by molar-refractivity contribution is -0.117. The first-order chi connectivity index (χ1) is 12.9. The van der Waals surface area contributed by atoms with E-state index in [9.17, 15) is 9.59 Å². The second-order valence-electron chi connectivity index (χ2n) is 7.25. The molecule has 0 radical (unpaired) electrons. The van der Waals surface area contributed by atoms with Gasteiger partial charge >= 0.3 is 5.97 Å². The Bertz CT molecular complexity index is 815. The molecule has 5 heteroatoms. The van der Waals surface area contributed by atoms with Gasteiger partial charge < -0.3 is 10.1 Å². The van der Waals surface area contributed by atoms with Gasteiger partial charge in [0.2, 0.25) is 5.91 Å². The second kappa shape index (κ2) is 8.35. The number of fused-ring (bicyclic) bond motifs is 1. The lowest BCUT2D eigenvalue weighted by atomic mass is 10.1. The molecule has 0 aliphatic heterocycles. The summed E-state index contributed by atoms with van der Waals surface area (Å²) in [7, 11) is 1.98. The smallest absolute Gasteiger partial charge is 0.338 e. The van der Waals surface area contributed by atoms with Crippen LogP contribution in [0.15, 0.2) is 48.5 Å². The summed E-state index contributed by atoms with van der Waals surface area (Å²) in [4.78, 5) is 26.4.